The van der Waals surface area contributed by atoms with Crippen molar-refractivity contribution in [3.8, 4) is 0 Å². The first-order chi connectivity index (χ1) is 7.98. The number of nitrogens with two attached hydrogens (primary N) is 1. The lowest BCUT2D eigenvalue weighted by Crippen LogP contribution is -2.48. The highest BCUT2D eigenvalue weighted by Gasteiger charge is 2.36. The number of carboxylic acids is 1. The summed E-state index contributed by atoms with van der Waals surface area (Å²) >= 11 is 1.71. The number of carbonyl (C=O) groups is 1. The summed E-state index contributed by atoms with van der Waals surface area (Å²) in [6, 6.07) is -0.763. The molecule has 4 heteroatoms. The molecule has 0 saturated heterocycles. The van der Waals surface area contributed by atoms with Crippen LogP contribution in [0.3, 0.4) is 0 Å². The van der Waals surface area contributed by atoms with Crippen LogP contribution < -0.4 is 5.73 Å². The molecule has 2 unspecified atom stereocenters. The van der Waals surface area contributed by atoms with Crippen molar-refractivity contribution >= 4 is 17.7 Å². The van der Waals surface area contributed by atoms with Gasteiger partial charge in [-0.15, -0.1) is 0 Å². The average molecular weight is 261 g/mol. The Morgan fingerprint density at radius 2 is 1.94 bits per heavy atom. The monoisotopic (exact) mass is 261 g/mol. The molecule has 0 heterocycles. The molecule has 0 aromatic carbocycles. The number of thioether (sulfide) groups is 1. The third-order valence-electron chi connectivity index (χ3n) is 3.09. The highest BCUT2D eigenvalue weighted by molar-refractivity contribution is 8.00. The molecule has 0 bridgehead atoms. The van der Waals surface area contributed by atoms with Crippen LogP contribution in [0.25, 0.3) is 0 Å². The van der Waals surface area contributed by atoms with E-state index < -0.39 is 12.0 Å². The summed E-state index contributed by atoms with van der Waals surface area (Å²) in [5, 5.41) is 9.08. The topological polar surface area (TPSA) is 63.3 Å². The van der Waals surface area contributed by atoms with Gasteiger partial charge in [-0.3, -0.25) is 4.79 Å². The molecule has 0 aliphatic heterocycles. The van der Waals surface area contributed by atoms with E-state index in [0.717, 1.165) is 25.0 Å². The Bertz CT molecular complexity index is 223. The van der Waals surface area contributed by atoms with E-state index in [4.69, 9.17) is 10.8 Å². The predicted octanol–water partition coefficient (Wildman–Crippen LogP) is 3.27. The van der Waals surface area contributed by atoms with Crippen molar-refractivity contribution < 1.29 is 9.90 Å². The summed E-state index contributed by atoms with van der Waals surface area (Å²) in [6.07, 6.45) is 6.61. The molecule has 0 rings (SSSR count). The van der Waals surface area contributed by atoms with E-state index in [0.29, 0.717) is 0 Å². The fourth-order valence-corrected chi connectivity index (χ4v) is 3.06. The highest BCUT2D eigenvalue weighted by atomic mass is 32.2. The van der Waals surface area contributed by atoms with Crippen molar-refractivity contribution in [1.29, 1.82) is 0 Å². The van der Waals surface area contributed by atoms with Gasteiger partial charge < -0.3 is 10.8 Å². The Kier molecular flexibility index (Phi) is 8.70. The maximum Gasteiger partial charge on any atom is 0.321 e. The fourth-order valence-electron chi connectivity index (χ4n) is 1.82. The van der Waals surface area contributed by atoms with Crippen molar-refractivity contribution in [2.75, 3.05) is 5.75 Å². The molecule has 0 fully saturated rings. The second kappa shape index (κ2) is 8.81. The normalized spacial score (nSPS) is 16.5. The van der Waals surface area contributed by atoms with Crippen LogP contribution in [0, 0.1) is 0 Å². The summed E-state index contributed by atoms with van der Waals surface area (Å²) < 4.78 is -0.324. The minimum Gasteiger partial charge on any atom is -0.480 e. The van der Waals surface area contributed by atoms with Gasteiger partial charge in [0.2, 0.25) is 0 Å². The summed E-state index contributed by atoms with van der Waals surface area (Å²) in [6.45, 7) is 6.28. The second-order valence-electron chi connectivity index (χ2n) is 4.79. The van der Waals surface area contributed by atoms with Gasteiger partial charge in [0.15, 0.2) is 0 Å². The van der Waals surface area contributed by atoms with Crippen molar-refractivity contribution in [2.24, 2.45) is 5.73 Å². The Morgan fingerprint density at radius 1 is 1.29 bits per heavy atom. The molecule has 0 aromatic rings. The van der Waals surface area contributed by atoms with Gasteiger partial charge in [0, 0.05) is 4.75 Å². The molecular formula is C13H27NO2S. The van der Waals surface area contributed by atoms with Gasteiger partial charge in [-0.05, 0) is 25.5 Å². The third kappa shape index (κ3) is 6.32. The highest BCUT2D eigenvalue weighted by Crippen LogP contribution is 2.34. The average Bonchev–Trinajstić information content (AvgIpc) is 2.31. The summed E-state index contributed by atoms with van der Waals surface area (Å²) in [5.41, 5.74) is 5.83. The predicted molar refractivity (Wildman–Crippen MR) is 75.5 cm³/mol. The van der Waals surface area contributed by atoms with E-state index >= 15 is 0 Å². The Morgan fingerprint density at radius 3 is 2.41 bits per heavy atom. The van der Waals surface area contributed by atoms with Gasteiger partial charge in [0.1, 0.15) is 6.04 Å². The first-order valence-electron chi connectivity index (χ1n) is 6.60. The summed E-state index contributed by atoms with van der Waals surface area (Å²) in [4.78, 5) is 11.1. The first kappa shape index (κ1) is 16.8. The second-order valence-corrected chi connectivity index (χ2v) is 6.42. The Balaban J connectivity index is 4.33. The molecule has 2 atom stereocenters. The number of hydrogen-bond donors (Lipinski definition) is 2. The molecule has 0 aliphatic carbocycles. The number of rotatable bonds is 10. The number of unbranched alkanes of at least 4 members (excludes halogenated alkanes) is 3. The van der Waals surface area contributed by atoms with E-state index in [1.54, 1.807) is 11.8 Å². The number of hydrogen-bond acceptors (Lipinski definition) is 3. The van der Waals surface area contributed by atoms with Gasteiger partial charge in [-0.2, -0.15) is 11.8 Å². The lowest BCUT2D eigenvalue weighted by Gasteiger charge is -2.32. The van der Waals surface area contributed by atoms with Gasteiger partial charge in [-0.25, -0.2) is 0 Å². The molecule has 0 aromatic heterocycles. The van der Waals surface area contributed by atoms with Gasteiger partial charge in [-0.1, -0.05) is 39.5 Å². The van der Waals surface area contributed by atoms with Crippen LogP contribution in [0.15, 0.2) is 0 Å². The van der Waals surface area contributed by atoms with Crippen molar-refractivity contribution in [3.63, 3.8) is 0 Å². The zero-order valence-corrected chi connectivity index (χ0v) is 12.2. The lowest BCUT2D eigenvalue weighted by atomic mass is 9.94. The lowest BCUT2D eigenvalue weighted by molar-refractivity contribution is -0.139. The van der Waals surface area contributed by atoms with E-state index in [9.17, 15) is 4.79 Å². The summed E-state index contributed by atoms with van der Waals surface area (Å²) in [7, 11) is 0. The van der Waals surface area contributed by atoms with Crippen molar-refractivity contribution in [3.05, 3.63) is 0 Å². The van der Waals surface area contributed by atoms with Crippen LogP contribution in [0.5, 0.6) is 0 Å². The van der Waals surface area contributed by atoms with E-state index in [1.165, 1.54) is 19.3 Å². The minimum atomic E-state index is -0.883. The maximum atomic E-state index is 11.1. The molecule has 102 valence electrons. The standard InChI is InChI=1S/C13H27NO2S/c1-4-6-7-8-9-13(3,17-10-5-2)11(14)12(15)16/h11H,4-10,14H2,1-3H3,(H,15,16). The number of carboxylic acid groups (broad SMARTS) is 1. The molecule has 3 nitrogen and oxygen atoms in total. The first-order valence-corrected chi connectivity index (χ1v) is 7.58. The van der Waals surface area contributed by atoms with E-state index in [1.807, 2.05) is 6.92 Å². The summed E-state index contributed by atoms with van der Waals surface area (Å²) in [5.74, 6) is 0.0947. The molecule has 17 heavy (non-hydrogen) atoms. The molecule has 0 amide bonds. The SMILES string of the molecule is CCCCCCC(C)(SCCC)C(N)C(=O)O. The molecule has 3 N–H and O–H groups in total. The quantitative estimate of drug-likeness (QED) is 0.592. The van der Waals surface area contributed by atoms with Crippen LogP contribution in [-0.4, -0.2) is 27.6 Å². The van der Waals surface area contributed by atoms with E-state index in [2.05, 4.69) is 13.8 Å². The molecule has 0 radical (unpaired) electrons. The van der Waals surface area contributed by atoms with Crippen LogP contribution in [0.2, 0.25) is 0 Å². The van der Waals surface area contributed by atoms with Gasteiger partial charge in [0.05, 0.1) is 0 Å². The maximum absolute atomic E-state index is 11.1. The largest absolute Gasteiger partial charge is 0.480 e. The Labute approximate surface area is 110 Å². The smallest absolute Gasteiger partial charge is 0.321 e. The molecule has 0 aliphatic rings. The van der Waals surface area contributed by atoms with Crippen molar-refractivity contribution in [2.45, 2.75) is 70.1 Å². The van der Waals surface area contributed by atoms with E-state index in [-0.39, 0.29) is 4.75 Å². The Hall–Kier alpha value is -0.220. The minimum absolute atomic E-state index is 0.324. The van der Waals surface area contributed by atoms with Crippen LogP contribution >= 0.6 is 11.8 Å². The molecule has 0 spiro atoms. The molecule has 0 saturated carbocycles. The van der Waals surface area contributed by atoms with Gasteiger partial charge in [0.25, 0.3) is 0 Å². The van der Waals surface area contributed by atoms with Crippen LogP contribution in [0.4, 0.5) is 0 Å². The van der Waals surface area contributed by atoms with Gasteiger partial charge >= 0.3 is 5.97 Å². The van der Waals surface area contributed by atoms with Crippen LogP contribution in [-0.2, 0) is 4.79 Å². The third-order valence-corrected chi connectivity index (χ3v) is 4.82. The number of aliphatic carboxylic acids is 1. The zero-order valence-electron chi connectivity index (χ0n) is 11.4. The fraction of sp³-hybridized carbons (Fsp3) is 0.923. The van der Waals surface area contributed by atoms with Crippen molar-refractivity contribution in [1.82, 2.24) is 0 Å². The van der Waals surface area contributed by atoms with Crippen LogP contribution in [0.1, 0.15) is 59.3 Å². The zero-order chi connectivity index (χ0) is 13.3. The molecular weight excluding hydrogens is 234 g/mol.